The van der Waals surface area contributed by atoms with Crippen molar-refractivity contribution in [3.8, 4) is 0 Å². The first-order valence-corrected chi connectivity index (χ1v) is 29.8. The molecule has 438 valence electrons. The Kier molecular flexibility index (Phi) is 149. The molecule has 0 amide bonds. The van der Waals surface area contributed by atoms with Crippen molar-refractivity contribution in [1.82, 2.24) is 31.9 Å². The zero-order valence-corrected chi connectivity index (χ0v) is 61.1. The molecule has 0 aliphatic carbocycles. The molecule has 12 nitrogen and oxygen atoms in total. The Balaban J connectivity index is -0.0000000514. The van der Waals surface area contributed by atoms with Crippen LogP contribution in [0.1, 0.15) is 160 Å². The average molecular weight is 1440 g/mol. The number of hydrogen-bond acceptors (Lipinski definition) is 24. The van der Waals surface area contributed by atoms with Crippen molar-refractivity contribution in [2.75, 3.05) is 39.3 Å². The maximum Gasteiger partial charge on any atom is 0.197 e. The van der Waals surface area contributed by atoms with E-state index in [4.69, 9.17) is 174 Å². The molecule has 0 aromatic heterocycles. The maximum absolute atomic E-state index is 7.83. The molecule has 0 rings (SSSR count). The van der Waals surface area contributed by atoms with Gasteiger partial charge in [0.2, 0.25) is 0 Å². The van der Waals surface area contributed by atoms with Gasteiger partial charge in [0, 0.05) is 60.3 Å². The molecular formula is C42H84MoN6O6S18-6. The molecule has 0 spiro atoms. The molecule has 0 saturated heterocycles. The predicted octanol–water partition coefficient (Wildman–Crippen LogP) is 9.04. The van der Waals surface area contributed by atoms with Gasteiger partial charge in [-0.1, -0.05) is 186 Å². The molecule has 0 atom stereocenters. The van der Waals surface area contributed by atoms with Crippen LogP contribution < -0.4 is 31.9 Å². The van der Waals surface area contributed by atoms with Gasteiger partial charge in [-0.15, -0.1) is 0 Å². The summed E-state index contributed by atoms with van der Waals surface area (Å²) in [5, 5.41) is 18.0. The third-order valence-electron chi connectivity index (χ3n) is 10.1. The second-order valence-electron chi connectivity index (χ2n) is 14.1. The quantitative estimate of drug-likeness (QED) is 0.0307. The van der Waals surface area contributed by atoms with Gasteiger partial charge in [-0.25, -0.2) is 0 Å². The second kappa shape index (κ2) is 102. The van der Waals surface area contributed by atoms with Gasteiger partial charge in [0.1, 0.15) is 0 Å². The summed E-state index contributed by atoms with van der Waals surface area (Å²) in [5.41, 5.74) is 0. The summed E-state index contributed by atoms with van der Waals surface area (Å²) in [5.74, 6) is 4.34. The third kappa shape index (κ3) is 122. The van der Waals surface area contributed by atoms with Crippen LogP contribution in [0.4, 0.5) is 0 Å². The van der Waals surface area contributed by atoms with Gasteiger partial charge in [0.15, 0.2) is 75.2 Å². The number of nitrogens with one attached hydrogen (secondary N) is 6. The van der Waals surface area contributed by atoms with Crippen LogP contribution in [0.15, 0.2) is 0 Å². The molecule has 0 aliphatic rings. The molecule has 0 bridgehead atoms. The fourth-order valence-corrected chi connectivity index (χ4v) is 5.83. The van der Waals surface area contributed by atoms with E-state index in [1.54, 1.807) is 0 Å². The third-order valence-corrected chi connectivity index (χ3v) is 11.9. The van der Waals surface area contributed by atoms with Crippen molar-refractivity contribution < 1.29 is 46.3 Å². The van der Waals surface area contributed by atoms with E-state index in [9.17, 15) is 0 Å². The first-order valence-electron chi connectivity index (χ1n) is 22.9. The topological polar surface area (TPSA) is 175 Å². The smallest absolute Gasteiger partial charge is 0.197 e. The monoisotopic (exact) mass is 1440 g/mol. The maximum atomic E-state index is 7.83. The SMILES string of the molecule is CCC(CC)CNC(=S)[S-].CCC(CC)CNC(=S)[S-].CCC(CC)CNC(=S)[S-].CCC(CC)CNC(=S)[S-].CCC(CC)CNC(=S)[S-].CCC(CC)CNC(=S)[S-].O=S.O=S.O=S.O=S.O=S.O=S.[Mo]. The van der Waals surface area contributed by atoms with Crippen molar-refractivity contribution in [1.29, 1.82) is 0 Å². The summed E-state index contributed by atoms with van der Waals surface area (Å²) in [6.07, 6.45) is 14.4. The Bertz CT molecular complexity index is 928. The number of rotatable bonds is 24. The summed E-state index contributed by atoms with van der Waals surface area (Å²) in [6.45, 7) is 31.8. The molecule has 0 aromatic rings. The number of hydrogen-bond donors (Lipinski definition) is 6. The Hall–Kier alpha value is 1.47. The van der Waals surface area contributed by atoms with Gasteiger partial charge in [-0.3, -0.25) is 0 Å². The van der Waals surface area contributed by atoms with Crippen LogP contribution >= 0.6 is 73.3 Å². The number of thiocarbonyl (C=S) groups is 6. The van der Waals surface area contributed by atoms with Crippen molar-refractivity contribution in [3.05, 3.63) is 0 Å². The van der Waals surface area contributed by atoms with Gasteiger partial charge < -0.3 is 181 Å². The minimum absolute atomic E-state index is 0. The fraction of sp³-hybridized carbons (Fsp3) is 0.857. The molecule has 0 saturated carbocycles. The van der Waals surface area contributed by atoms with Crippen LogP contribution in [-0.2, 0) is 172 Å². The van der Waals surface area contributed by atoms with E-state index in [1.165, 1.54) is 77.0 Å². The Morgan fingerprint density at radius 1 is 0.247 bits per heavy atom. The van der Waals surface area contributed by atoms with Crippen LogP contribution in [-0.4, -0.2) is 90.4 Å². The molecule has 0 aliphatic heterocycles. The van der Waals surface area contributed by atoms with Crippen molar-refractivity contribution in [2.45, 2.75) is 160 Å². The summed E-state index contributed by atoms with van der Waals surface area (Å²) in [4.78, 5) is 0. The van der Waals surface area contributed by atoms with E-state index in [1.807, 2.05) is 0 Å². The van der Waals surface area contributed by atoms with Crippen molar-refractivity contribution >= 4 is 250 Å². The molecule has 0 unspecified atom stereocenters. The van der Waals surface area contributed by atoms with E-state index in [2.05, 4.69) is 190 Å². The van der Waals surface area contributed by atoms with Gasteiger partial charge >= 0.3 is 0 Å². The molecule has 0 heterocycles. The van der Waals surface area contributed by atoms with Gasteiger partial charge in [0.25, 0.3) is 0 Å². The first-order chi connectivity index (χ1) is 34.2. The molecule has 0 fully saturated rings. The molecule has 6 N–H and O–H groups in total. The second-order valence-corrected chi connectivity index (χ2v) is 20.6. The zero-order valence-electron chi connectivity index (χ0n) is 44.4. The standard InChI is InChI=1S/6C7H15NS2.Mo.6OS/c6*1-3-6(4-2)5-8-7(9)10;;6*1-2/h6*6H,3-5H2,1-2H3,(H2,8,9,10);;;;;;;/p-6. The first kappa shape index (κ1) is 106. The molecular weight excluding hydrogens is 1360 g/mol. The normalized spacial score (nSPS) is 8.47. The van der Waals surface area contributed by atoms with E-state index in [-0.39, 0.29) is 21.1 Å². The fourth-order valence-electron chi connectivity index (χ4n) is 4.83. The average Bonchev–Trinajstić information content (AvgIpc) is 3.40. The molecule has 0 aromatic carbocycles. The van der Waals surface area contributed by atoms with Gasteiger partial charge in [-0.05, 0) is 35.5 Å². The molecule has 0 radical (unpaired) electrons. The van der Waals surface area contributed by atoms with Crippen LogP contribution in [0.3, 0.4) is 0 Å². The van der Waals surface area contributed by atoms with E-state index < -0.39 is 0 Å². The van der Waals surface area contributed by atoms with E-state index >= 15 is 0 Å². The summed E-state index contributed by atoms with van der Waals surface area (Å²) in [6, 6.07) is 0. The van der Waals surface area contributed by atoms with E-state index in [0.29, 0.717) is 25.9 Å². The Morgan fingerprint density at radius 2 is 0.315 bits per heavy atom. The van der Waals surface area contributed by atoms with Crippen LogP contribution in [0.5, 0.6) is 0 Å². The zero-order chi connectivity index (χ0) is 59.9. The predicted molar refractivity (Wildman–Crippen MR) is 361 cm³/mol. The van der Waals surface area contributed by atoms with Gasteiger partial charge in [-0.2, -0.15) is 25.3 Å². The summed E-state index contributed by atoms with van der Waals surface area (Å²) >= 11 is 73.6. The van der Waals surface area contributed by atoms with Crippen molar-refractivity contribution in [3.63, 3.8) is 0 Å². The Labute approximate surface area is 556 Å². The van der Waals surface area contributed by atoms with Crippen LogP contribution in [0.2, 0.25) is 0 Å². The largest absolute Gasteiger partial charge is 0.412 e. The van der Waals surface area contributed by atoms with E-state index in [0.717, 1.165) is 74.8 Å². The minimum Gasteiger partial charge on any atom is -0.412 e. The van der Waals surface area contributed by atoms with Crippen LogP contribution in [0, 0.1) is 35.5 Å². The van der Waals surface area contributed by atoms with Crippen molar-refractivity contribution in [2.24, 2.45) is 35.5 Å². The molecule has 73 heavy (non-hydrogen) atoms. The minimum atomic E-state index is 0. The molecule has 31 heteroatoms. The Morgan fingerprint density at radius 3 is 0.356 bits per heavy atom. The van der Waals surface area contributed by atoms with Crippen LogP contribution in [0.25, 0.3) is 0 Å². The van der Waals surface area contributed by atoms with Gasteiger partial charge in [0.05, 0.1) is 0 Å². The summed E-state index contributed by atoms with van der Waals surface area (Å²) < 4.78 is 50.0. The summed E-state index contributed by atoms with van der Waals surface area (Å²) in [7, 11) is 0.